The van der Waals surface area contributed by atoms with E-state index in [0.717, 1.165) is 22.7 Å². The predicted molar refractivity (Wildman–Crippen MR) is 139 cm³/mol. The number of aryl methyl sites for hydroxylation is 2. The largest absolute Gasteiger partial charge is 0.434 e. The topological polar surface area (TPSA) is 29.9 Å². The Morgan fingerprint density at radius 1 is 0.771 bits per heavy atom. The first-order valence-electron chi connectivity index (χ1n) is 12.4. The van der Waals surface area contributed by atoms with Crippen molar-refractivity contribution in [1.82, 2.24) is 4.98 Å². The van der Waals surface area contributed by atoms with Crippen LogP contribution in [0.25, 0.3) is 22.4 Å². The molecule has 3 nitrogen and oxygen atoms in total. The summed E-state index contributed by atoms with van der Waals surface area (Å²) >= 11 is 0. The van der Waals surface area contributed by atoms with E-state index < -0.39 is 0 Å². The van der Waals surface area contributed by atoms with Gasteiger partial charge in [-0.3, -0.25) is 0 Å². The number of rotatable bonds is 1. The highest BCUT2D eigenvalue weighted by Crippen LogP contribution is 2.56. The van der Waals surface area contributed by atoms with Gasteiger partial charge >= 0.3 is 0 Å². The van der Waals surface area contributed by atoms with Crippen molar-refractivity contribution >= 4 is 11.1 Å². The average Bonchev–Trinajstić information content (AvgIpc) is 3.26. The van der Waals surface area contributed by atoms with Gasteiger partial charge in [-0.05, 0) is 51.9 Å². The van der Waals surface area contributed by atoms with E-state index in [-0.39, 0.29) is 11.3 Å². The predicted octanol–water partition coefficient (Wildman–Crippen LogP) is 6.91. The van der Waals surface area contributed by atoms with Gasteiger partial charge < -0.3 is 4.42 Å². The van der Waals surface area contributed by atoms with Crippen molar-refractivity contribution < 1.29 is 8.98 Å². The lowest BCUT2D eigenvalue weighted by Gasteiger charge is -2.42. The van der Waals surface area contributed by atoms with Gasteiger partial charge in [-0.15, -0.1) is 0 Å². The monoisotopic (exact) mass is 457 g/mol. The number of hydrogen-bond donors (Lipinski definition) is 0. The molecule has 0 amide bonds. The van der Waals surface area contributed by atoms with Crippen LogP contribution in [0.3, 0.4) is 0 Å². The van der Waals surface area contributed by atoms with Crippen LogP contribution in [0.4, 0.5) is 0 Å². The second kappa shape index (κ2) is 6.91. The molecule has 0 saturated heterocycles. The highest BCUT2D eigenvalue weighted by atomic mass is 16.3. The van der Waals surface area contributed by atoms with Crippen molar-refractivity contribution in [1.29, 1.82) is 0 Å². The van der Waals surface area contributed by atoms with Crippen LogP contribution in [0.15, 0.2) is 77.3 Å². The van der Waals surface area contributed by atoms with E-state index in [1.807, 2.05) is 0 Å². The molecule has 0 atom stereocenters. The summed E-state index contributed by atoms with van der Waals surface area (Å²) in [5.41, 5.74) is 14.0. The van der Waals surface area contributed by atoms with Gasteiger partial charge in [0.2, 0.25) is 23.4 Å². The molecule has 3 aliphatic carbocycles. The van der Waals surface area contributed by atoms with Gasteiger partial charge in [-0.25, -0.2) is 4.98 Å². The van der Waals surface area contributed by atoms with Gasteiger partial charge in [-0.1, -0.05) is 75.4 Å². The number of hydrogen-bond acceptors (Lipinski definition) is 2. The zero-order valence-corrected chi connectivity index (χ0v) is 20.9. The van der Waals surface area contributed by atoms with Gasteiger partial charge in [0.05, 0.1) is 0 Å². The molecule has 2 bridgehead atoms. The van der Waals surface area contributed by atoms with E-state index in [1.165, 1.54) is 44.5 Å². The molecule has 3 heteroatoms. The van der Waals surface area contributed by atoms with Crippen molar-refractivity contribution in [3.8, 4) is 11.3 Å². The molecule has 3 aliphatic rings. The van der Waals surface area contributed by atoms with Crippen LogP contribution < -0.4 is 4.57 Å². The lowest BCUT2D eigenvalue weighted by molar-refractivity contribution is -0.659. The number of oxazole rings is 1. The van der Waals surface area contributed by atoms with Crippen molar-refractivity contribution in [3.05, 3.63) is 118 Å². The Balaban J connectivity index is 1.45. The minimum Gasteiger partial charge on any atom is -0.434 e. The van der Waals surface area contributed by atoms with Gasteiger partial charge in [0.1, 0.15) is 12.6 Å². The third-order valence-electron chi connectivity index (χ3n) is 7.85. The van der Waals surface area contributed by atoms with Crippen LogP contribution >= 0.6 is 0 Å². The molecular weight excluding hydrogens is 428 g/mol. The smallest absolute Gasteiger partial charge is 0.218 e. The fourth-order valence-corrected chi connectivity index (χ4v) is 6.21. The minimum atomic E-state index is -0.125. The molecule has 0 spiro atoms. The second-order valence-electron chi connectivity index (χ2n) is 11.2. The van der Waals surface area contributed by atoms with E-state index in [9.17, 15) is 0 Å². The fourth-order valence-electron chi connectivity index (χ4n) is 6.21. The highest BCUT2D eigenvalue weighted by molar-refractivity contribution is 5.78. The molecule has 3 aromatic carbocycles. The molecule has 2 heterocycles. The first-order valence-corrected chi connectivity index (χ1v) is 12.4. The Labute approximate surface area is 206 Å². The molecule has 0 saturated carbocycles. The van der Waals surface area contributed by atoms with Crippen LogP contribution in [-0.2, 0) is 12.5 Å². The third-order valence-corrected chi connectivity index (χ3v) is 7.85. The first kappa shape index (κ1) is 20.6. The van der Waals surface area contributed by atoms with Crippen molar-refractivity contribution in [2.24, 2.45) is 7.05 Å². The Morgan fingerprint density at radius 3 is 1.86 bits per heavy atom. The molecule has 0 fully saturated rings. The maximum atomic E-state index is 6.11. The van der Waals surface area contributed by atoms with Crippen LogP contribution in [0.5, 0.6) is 0 Å². The van der Waals surface area contributed by atoms with Gasteiger partial charge in [0.25, 0.3) is 0 Å². The van der Waals surface area contributed by atoms with Gasteiger partial charge in [-0.2, -0.15) is 4.57 Å². The molecule has 35 heavy (non-hydrogen) atoms. The number of fused-ring (bicyclic) bond motifs is 1. The lowest BCUT2D eigenvalue weighted by Crippen LogP contribution is -2.31. The van der Waals surface area contributed by atoms with Crippen LogP contribution in [0.1, 0.15) is 77.4 Å². The van der Waals surface area contributed by atoms with E-state index in [0.29, 0.717) is 5.92 Å². The summed E-state index contributed by atoms with van der Waals surface area (Å²) in [6, 6.07) is 25.1. The third kappa shape index (κ3) is 2.84. The Morgan fingerprint density at radius 2 is 1.31 bits per heavy atom. The minimum absolute atomic E-state index is 0.125. The second-order valence-corrected chi connectivity index (χ2v) is 11.2. The van der Waals surface area contributed by atoms with Crippen molar-refractivity contribution in [3.63, 3.8) is 0 Å². The van der Waals surface area contributed by atoms with E-state index >= 15 is 0 Å². The molecule has 0 aliphatic heterocycles. The maximum absolute atomic E-state index is 6.11. The zero-order valence-electron chi connectivity index (χ0n) is 20.9. The highest BCUT2D eigenvalue weighted by Gasteiger charge is 2.41. The van der Waals surface area contributed by atoms with Crippen molar-refractivity contribution in [2.45, 2.75) is 44.9 Å². The average molecular weight is 458 g/mol. The molecule has 0 unspecified atom stereocenters. The molecule has 2 aromatic heterocycles. The number of nitrogens with zero attached hydrogens (tertiary/aromatic N) is 2. The number of aromatic nitrogens is 2. The van der Waals surface area contributed by atoms with E-state index in [4.69, 9.17) is 9.40 Å². The zero-order chi connectivity index (χ0) is 24.1. The summed E-state index contributed by atoms with van der Waals surface area (Å²) in [5.74, 6) is 1.35. The van der Waals surface area contributed by atoms with Crippen LogP contribution in [0.2, 0.25) is 0 Å². The molecule has 5 aromatic rings. The molecule has 0 radical (unpaired) electrons. The summed E-state index contributed by atoms with van der Waals surface area (Å²) in [7, 11) is 2.10. The Bertz CT molecular complexity index is 1620. The number of benzene rings is 3. The van der Waals surface area contributed by atoms with Gasteiger partial charge in [0, 0.05) is 28.9 Å². The lowest BCUT2D eigenvalue weighted by atomic mass is 9.60. The summed E-state index contributed by atoms with van der Waals surface area (Å²) in [4.78, 5) is 4.85. The fraction of sp³-hybridized carbons (Fsp3) is 0.250. The summed E-state index contributed by atoms with van der Waals surface area (Å²) in [6.07, 6.45) is 2.07. The molecule has 0 N–H and O–H groups in total. The van der Waals surface area contributed by atoms with Crippen LogP contribution in [0, 0.1) is 6.92 Å². The summed E-state index contributed by atoms with van der Waals surface area (Å²) < 4.78 is 8.29. The van der Waals surface area contributed by atoms with E-state index in [1.54, 1.807) is 0 Å². The normalized spacial score (nSPS) is 17.9. The standard InChI is InChI=1S/C32H29N2O/c1-18-14-24-25(30-21-12-8-6-10-19(21)29(24)20-11-7-9-13-22(20)30)15-23(18)27-16-26-28(17-34(27)5)35-31(33-26)32(2,3)4/h6-17,29-30H,1-5H3/q+1. The molecular formula is C32H29N2O+. The SMILES string of the molecule is Cc1cc2c(cc1-c1cc3nc(C(C)(C)C)oc3c[n+]1C)C1c3ccccc3C2c2ccccc21. The van der Waals surface area contributed by atoms with Gasteiger partial charge in [0.15, 0.2) is 0 Å². The van der Waals surface area contributed by atoms with E-state index in [2.05, 4.69) is 112 Å². The Kier molecular flexibility index (Phi) is 4.08. The summed E-state index contributed by atoms with van der Waals surface area (Å²) in [5, 5.41) is 0. The quantitative estimate of drug-likeness (QED) is 0.251. The maximum Gasteiger partial charge on any atom is 0.218 e. The first-order chi connectivity index (χ1) is 16.8. The molecule has 172 valence electrons. The van der Waals surface area contributed by atoms with Crippen LogP contribution in [-0.4, -0.2) is 4.98 Å². The summed E-state index contributed by atoms with van der Waals surface area (Å²) in [6.45, 7) is 8.65. The number of pyridine rings is 1. The molecule has 8 rings (SSSR count). The Hall–Kier alpha value is -3.72. The van der Waals surface area contributed by atoms with Crippen molar-refractivity contribution in [2.75, 3.05) is 0 Å².